The molecule has 1 fully saturated rings. The smallest absolute Gasteiger partial charge is 0.224 e. The second-order valence-electron chi connectivity index (χ2n) is 13.0. The average molecular weight is 697 g/mol. The summed E-state index contributed by atoms with van der Waals surface area (Å²) in [5.74, 6) is -0.0945. The number of phenols is 1. The van der Waals surface area contributed by atoms with E-state index in [0.717, 1.165) is 23.1 Å². The summed E-state index contributed by atoms with van der Waals surface area (Å²) in [5.41, 5.74) is 10.9. The van der Waals surface area contributed by atoms with E-state index in [9.17, 15) is 24.9 Å². The van der Waals surface area contributed by atoms with Crippen LogP contribution in [0.25, 0.3) is 0 Å². The highest BCUT2D eigenvalue weighted by Crippen LogP contribution is 2.38. The van der Waals surface area contributed by atoms with Gasteiger partial charge in [-0.25, -0.2) is 0 Å². The molecule has 0 bridgehead atoms. The number of anilines is 3. The number of nitrogens with two attached hydrogens (primary N) is 1. The average Bonchev–Trinajstić information content (AvgIpc) is 3.12. The first-order valence-corrected chi connectivity index (χ1v) is 17.4. The number of carbonyl (C=O) groups is 2. The van der Waals surface area contributed by atoms with Crippen LogP contribution in [-0.2, 0) is 25.7 Å². The number of nitrogens with zero attached hydrogens (tertiary/aromatic N) is 1. The van der Waals surface area contributed by atoms with E-state index in [1.54, 1.807) is 36.4 Å². The Balaban J connectivity index is 1.13. The maximum atomic E-state index is 12.6. The van der Waals surface area contributed by atoms with Crippen LogP contribution in [0.3, 0.4) is 0 Å². The van der Waals surface area contributed by atoms with Crippen molar-refractivity contribution in [2.24, 2.45) is 0 Å². The summed E-state index contributed by atoms with van der Waals surface area (Å²) in [5, 5.41) is 35.9. The third-order valence-electron chi connectivity index (χ3n) is 8.88. The molecule has 4 atom stereocenters. The summed E-state index contributed by atoms with van der Waals surface area (Å²) in [7, 11) is 1.92. The van der Waals surface area contributed by atoms with Gasteiger partial charge >= 0.3 is 0 Å². The highest BCUT2D eigenvalue weighted by Gasteiger charge is 2.33. The van der Waals surface area contributed by atoms with E-state index in [-0.39, 0.29) is 36.4 Å². The Morgan fingerprint density at radius 2 is 1.55 bits per heavy atom. The second kappa shape index (κ2) is 18.5. The third kappa shape index (κ3) is 11.4. The zero-order valence-corrected chi connectivity index (χ0v) is 28.9. The van der Waals surface area contributed by atoms with Crippen LogP contribution in [0.5, 0.6) is 5.75 Å². The van der Waals surface area contributed by atoms with Crippen molar-refractivity contribution in [3.8, 4) is 5.75 Å². The number of phenolic OH excluding ortho intramolecular Hbond substituents is 1. The molecule has 1 saturated heterocycles. The molecule has 2 amide bonds. The number of likely N-dealkylation sites (N-methyl/N-ethyl adjacent to an activating group) is 1. The van der Waals surface area contributed by atoms with Gasteiger partial charge in [-0.05, 0) is 73.0 Å². The van der Waals surface area contributed by atoms with Gasteiger partial charge in [-0.2, -0.15) is 0 Å². The van der Waals surface area contributed by atoms with Gasteiger partial charge in [0.25, 0.3) is 0 Å². The molecule has 7 N–H and O–H groups in total. The lowest BCUT2D eigenvalue weighted by Gasteiger charge is -2.38. The van der Waals surface area contributed by atoms with Gasteiger partial charge in [0, 0.05) is 43.6 Å². The van der Waals surface area contributed by atoms with Crippen LogP contribution in [0.1, 0.15) is 79.3 Å². The molecule has 4 aromatic rings. The number of aliphatic hydroxyl groups is 2. The fraction of sp³-hybridized carbons (Fsp3) is 0.350. The number of rotatable bonds is 16. The van der Waals surface area contributed by atoms with Crippen LogP contribution < -0.4 is 16.4 Å². The minimum atomic E-state index is -0.783. The van der Waals surface area contributed by atoms with E-state index in [2.05, 4.69) is 10.6 Å². The minimum absolute atomic E-state index is 0.0421. The Morgan fingerprint density at radius 1 is 0.863 bits per heavy atom. The van der Waals surface area contributed by atoms with E-state index >= 15 is 0 Å². The number of unbranched alkanes of at least 4 members (excludes halogenated alkanes) is 2. The normalized spacial score (nSPS) is 17.9. The lowest BCUT2D eigenvalue weighted by Crippen LogP contribution is -2.39. The standard InChI is InChI=1S/C40H48N4O7/c1-44(25-36(47)30-8-7-9-32(46)22-30)24-33-23-37(28-16-14-27(26-45)15-17-28)51-40(50-33)29-18-20-31(21-19-29)42-38(48)12-3-2-4-13-39(49)43-35-11-6-5-10-34(35)41/h5-11,14-22,33,36-37,40,45-47H,2-4,12-13,23-26,41H2,1H3,(H,42,48)(H,43,49)/t33-,36+,37+,40+/m0/s1. The quantitative estimate of drug-likeness (QED) is 0.0590. The summed E-state index contributed by atoms with van der Waals surface area (Å²) >= 11 is 0. The summed E-state index contributed by atoms with van der Waals surface area (Å²) < 4.78 is 12.9. The maximum Gasteiger partial charge on any atom is 0.224 e. The highest BCUT2D eigenvalue weighted by molar-refractivity contribution is 5.93. The number of amides is 2. The van der Waals surface area contributed by atoms with Crippen molar-refractivity contribution < 1.29 is 34.4 Å². The molecule has 1 aliphatic rings. The van der Waals surface area contributed by atoms with E-state index in [0.29, 0.717) is 67.8 Å². The van der Waals surface area contributed by atoms with Gasteiger partial charge in [-0.3, -0.25) is 9.59 Å². The van der Waals surface area contributed by atoms with Crippen LogP contribution >= 0.6 is 0 Å². The number of ether oxygens (including phenoxy) is 2. The fourth-order valence-electron chi connectivity index (χ4n) is 6.11. The largest absolute Gasteiger partial charge is 0.508 e. The molecule has 51 heavy (non-hydrogen) atoms. The number of aromatic hydroxyl groups is 1. The summed E-state index contributed by atoms with van der Waals surface area (Å²) in [6.45, 7) is 0.833. The maximum absolute atomic E-state index is 12.6. The first-order chi connectivity index (χ1) is 24.7. The molecule has 270 valence electrons. The second-order valence-corrected chi connectivity index (χ2v) is 13.0. The minimum Gasteiger partial charge on any atom is -0.508 e. The van der Waals surface area contributed by atoms with Gasteiger partial charge in [-0.1, -0.05) is 67.1 Å². The van der Waals surface area contributed by atoms with Crippen molar-refractivity contribution in [1.82, 2.24) is 4.90 Å². The van der Waals surface area contributed by atoms with Crippen molar-refractivity contribution in [3.63, 3.8) is 0 Å². The van der Waals surface area contributed by atoms with Gasteiger partial charge in [-0.15, -0.1) is 0 Å². The zero-order chi connectivity index (χ0) is 36.2. The molecule has 1 aliphatic heterocycles. The molecule has 0 radical (unpaired) electrons. The van der Waals surface area contributed by atoms with E-state index in [4.69, 9.17) is 15.2 Å². The number of benzene rings is 4. The van der Waals surface area contributed by atoms with Gasteiger partial charge in [0.05, 0.1) is 36.3 Å². The van der Waals surface area contributed by atoms with Gasteiger partial charge in [0.1, 0.15) is 5.75 Å². The summed E-state index contributed by atoms with van der Waals surface area (Å²) in [4.78, 5) is 26.9. The van der Waals surface area contributed by atoms with E-state index in [1.807, 2.05) is 72.6 Å². The Bertz CT molecular complexity index is 1720. The van der Waals surface area contributed by atoms with Crippen LogP contribution in [-0.4, -0.2) is 58.3 Å². The Hall–Kier alpha value is -4.78. The Kier molecular flexibility index (Phi) is 13.6. The summed E-state index contributed by atoms with van der Waals surface area (Å²) in [6, 6.07) is 28.8. The topological polar surface area (TPSA) is 167 Å². The number of hydrogen-bond donors (Lipinski definition) is 6. The molecule has 0 saturated carbocycles. The number of hydrogen-bond acceptors (Lipinski definition) is 9. The molecular formula is C40H48N4O7. The number of para-hydroxylation sites is 2. The molecule has 11 heteroatoms. The number of aliphatic hydroxyl groups excluding tert-OH is 2. The lowest BCUT2D eigenvalue weighted by molar-refractivity contribution is -0.252. The van der Waals surface area contributed by atoms with Crippen molar-refractivity contribution in [2.45, 2.75) is 69.7 Å². The van der Waals surface area contributed by atoms with Crippen LogP contribution in [0.2, 0.25) is 0 Å². The highest BCUT2D eigenvalue weighted by atomic mass is 16.7. The van der Waals surface area contributed by atoms with Crippen LogP contribution in [0.4, 0.5) is 17.1 Å². The lowest BCUT2D eigenvalue weighted by atomic mass is 9.99. The van der Waals surface area contributed by atoms with Crippen molar-refractivity contribution >= 4 is 28.9 Å². The van der Waals surface area contributed by atoms with Crippen LogP contribution in [0.15, 0.2) is 97.1 Å². The van der Waals surface area contributed by atoms with Crippen molar-refractivity contribution in [1.29, 1.82) is 0 Å². The van der Waals surface area contributed by atoms with E-state index < -0.39 is 12.4 Å². The molecule has 0 unspecified atom stereocenters. The predicted molar refractivity (Wildman–Crippen MR) is 197 cm³/mol. The molecule has 0 aromatic heterocycles. The molecule has 11 nitrogen and oxygen atoms in total. The molecule has 4 aromatic carbocycles. The number of nitrogens with one attached hydrogen (secondary N) is 2. The number of nitrogen functional groups attached to an aromatic ring is 1. The first-order valence-electron chi connectivity index (χ1n) is 17.4. The molecule has 0 aliphatic carbocycles. The summed E-state index contributed by atoms with van der Waals surface area (Å²) in [6.07, 6.45) is 1.41. The fourth-order valence-corrected chi connectivity index (χ4v) is 6.11. The molecule has 5 rings (SSSR count). The molecule has 1 heterocycles. The predicted octanol–water partition coefficient (Wildman–Crippen LogP) is 6.21. The van der Waals surface area contributed by atoms with Gasteiger partial charge < -0.3 is 46.1 Å². The third-order valence-corrected chi connectivity index (χ3v) is 8.88. The van der Waals surface area contributed by atoms with Gasteiger partial charge in [0.15, 0.2) is 6.29 Å². The first kappa shape index (κ1) is 37.5. The Morgan fingerprint density at radius 3 is 2.24 bits per heavy atom. The molecule has 0 spiro atoms. The monoisotopic (exact) mass is 696 g/mol. The zero-order valence-electron chi connectivity index (χ0n) is 28.9. The van der Waals surface area contributed by atoms with Crippen molar-refractivity contribution in [3.05, 3.63) is 119 Å². The van der Waals surface area contributed by atoms with Crippen molar-refractivity contribution in [2.75, 3.05) is 36.5 Å². The molecular weight excluding hydrogens is 648 g/mol. The number of carbonyl (C=O) groups excluding carboxylic acids is 2. The van der Waals surface area contributed by atoms with Gasteiger partial charge in [0.2, 0.25) is 11.8 Å². The van der Waals surface area contributed by atoms with Crippen LogP contribution in [0, 0.1) is 0 Å². The van der Waals surface area contributed by atoms with E-state index in [1.165, 1.54) is 0 Å². The Labute approximate surface area is 299 Å². The SMILES string of the molecule is CN(C[C@@H]1C[C@H](c2ccc(CO)cc2)O[C@H](c2ccc(NC(=O)CCCCCC(=O)Nc3ccccc3N)cc2)O1)C[C@@H](O)c1cccc(O)c1.